The summed E-state index contributed by atoms with van der Waals surface area (Å²) in [7, 11) is -7.70. The first-order chi connectivity index (χ1) is 10.1. The van der Waals surface area contributed by atoms with E-state index in [-0.39, 0.29) is 15.5 Å². The summed E-state index contributed by atoms with van der Waals surface area (Å²) in [5.41, 5.74) is 1.70. The topological polar surface area (TPSA) is 106 Å². The molecule has 0 aromatic heterocycles. The van der Waals surface area contributed by atoms with E-state index in [1.165, 1.54) is 30.3 Å². The van der Waals surface area contributed by atoms with E-state index in [1.807, 2.05) is 6.92 Å². The Hall–Kier alpha value is -1.90. The highest BCUT2D eigenvalue weighted by Crippen LogP contribution is 2.23. The minimum absolute atomic E-state index is 0.0958. The van der Waals surface area contributed by atoms with Crippen LogP contribution in [0.25, 0.3) is 0 Å². The van der Waals surface area contributed by atoms with Gasteiger partial charge < -0.3 is 0 Å². The van der Waals surface area contributed by atoms with E-state index >= 15 is 0 Å². The Labute approximate surface area is 130 Å². The molecule has 0 radical (unpaired) electrons. The second kappa shape index (κ2) is 5.71. The zero-order valence-corrected chi connectivity index (χ0v) is 13.7. The molecular weight excluding hydrogens is 324 g/mol. The summed E-state index contributed by atoms with van der Waals surface area (Å²) in [5, 5.41) is 5.06. The van der Waals surface area contributed by atoms with Gasteiger partial charge in [-0.3, -0.25) is 4.72 Å². The molecule has 2 aromatic carbocycles. The van der Waals surface area contributed by atoms with Gasteiger partial charge in [0.25, 0.3) is 10.0 Å². The highest BCUT2D eigenvalue weighted by Gasteiger charge is 2.17. The standard InChI is InChI=1S/C14H16N2O4S2/c1-10-3-6-12(7-4-10)22(19,20)16-14-9-13(21(15,17)18)8-5-11(14)2/h3-9,16H,1-2H3,(H2,15,17,18). The van der Waals surface area contributed by atoms with E-state index in [0.29, 0.717) is 5.56 Å². The molecule has 0 aliphatic rings. The maximum atomic E-state index is 12.3. The molecule has 0 unspecified atom stereocenters. The molecule has 3 N–H and O–H groups in total. The Balaban J connectivity index is 2.43. The molecule has 22 heavy (non-hydrogen) atoms. The lowest BCUT2D eigenvalue weighted by molar-refractivity contribution is 0.596. The first kappa shape index (κ1) is 16.5. The van der Waals surface area contributed by atoms with Gasteiger partial charge in [0.1, 0.15) is 0 Å². The summed E-state index contributed by atoms with van der Waals surface area (Å²) in [6, 6.07) is 10.4. The largest absolute Gasteiger partial charge is 0.279 e. The van der Waals surface area contributed by atoms with Crippen LogP contribution in [0.3, 0.4) is 0 Å². The first-order valence-electron chi connectivity index (χ1n) is 6.32. The predicted molar refractivity (Wildman–Crippen MR) is 84.5 cm³/mol. The lowest BCUT2D eigenvalue weighted by atomic mass is 10.2. The van der Waals surface area contributed by atoms with E-state index in [2.05, 4.69) is 4.72 Å². The van der Waals surface area contributed by atoms with Crippen molar-refractivity contribution in [3.63, 3.8) is 0 Å². The third-order valence-corrected chi connectivity index (χ3v) is 5.41. The molecule has 0 saturated carbocycles. The SMILES string of the molecule is Cc1ccc(S(=O)(=O)Nc2cc(S(N)(=O)=O)ccc2C)cc1. The lowest BCUT2D eigenvalue weighted by Crippen LogP contribution is -2.16. The normalized spacial score (nSPS) is 12.1. The molecule has 0 saturated heterocycles. The maximum Gasteiger partial charge on any atom is 0.261 e. The van der Waals surface area contributed by atoms with Gasteiger partial charge >= 0.3 is 0 Å². The fourth-order valence-electron chi connectivity index (χ4n) is 1.81. The number of nitrogens with one attached hydrogen (secondary N) is 1. The fourth-order valence-corrected chi connectivity index (χ4v) is 3.47. The van der Waals surface area contributed by atoms with Crippen molar-refractivity contribution in [2.45, 2.75) is 23.6 Å². The molecular formula is C14H16N2O4S2. The van der Waals surface area contributed by atoms with Gasteiger partial charge in [-0.2, -0.15) is 0 Å². The predicted octanol–water partition coefficient (Wildman–Crippen LogP) is 1.75. The van der Waals surface area contributed by atoms with Crippen LogP contribution in [0, 0.1) is 13.8 Å². The van der Waals surface area contributed by atoms with Crippen LogP contribution < -0.4 is 9.86 Å². The fraction of sp³-hybridized carbons (Fsp3) is 0.143. The van der Waals surface area contributed by atoms with Crippen LogP contribution in [0.4, 0.5) is 5.69 Å². The molecule has 0 atom stereocenters. The van der Waals surface area contributed by atoms with Crippen LogP contribution in [0.5, 0.6) is 0 Å². The number of aryl methyl sites for hydroxylation is 2. The number of anilines is 1. The van der Waals surface area contributed by atoms with Crippen molar-refractivity contribution in [2.75, 3.05) is 4.72 Å². The Morgan fingerprint density at radius 1 is 0.864 bits per heavy atom. The highest BCUT2D eigenvalue weighted by molar-refractivity contribution is 7.92. The summed E-state index contributed by atoms with van der Waals surface area (Å²) < 4.78 is 49.8. The third-order valence-electron chi connectivity index (χ3n) is 3.11. The van der Waals surface area contributed by atoms with Gasteiger partial charge in [-0.1, -0.05) is 23.8 Å². The molecule has 0 spiro atoms. The van der Waals surface area contributed by atoms with Gasteiger partial charge in [0, 0.05) is 0 Å². The van der Waals surface area contributed by atoms with Gasteiger partial charge in [-0.05, 0) is 43.7 Å². The van der Waals surface area contributed by atoms with E-state index in [0.717, 1.165) is 5.56 Å². The second-order valence-corrected chi connectivity index (χ2v) is 8.18. The van der Waals surface area contributed by atoms with Crippen LogP contribution in [0.15, 0.2) is 52.3 Å². The first-order valence-corrected chi connectivity index (χ1v) is 9.35. The second-order valence-electron chi connectivity index (χ2n) is 4.94. The van der Waals surface area contributed by atoms with Crippen LogP contribution >= 0.6 is 0 Å². The average Bonchev–Trinajstić information content (AvgIpc) is 2.40. The van der Waals surface area contributed by atoms with Crippen LogP contribution in [-0.2, 0) is 20.0 Å². The maximum absolute atomic E-state index is 12.3. The number of primary sulfonamides is 1. The number of hydrogen-bond acceptors (Lipinski definition) is 4. The molecule has 8 heteroatoms. The molecule has 0 aliphatic heterocycles. The van der Waals surface area contributed by atoms with Crippen molar-refractivity contribution < 1.29 is 16.8 Å². The van der Waals surface area contributed by atoms with Crippen LogP contribution in [0.2, 0.25) is 0 Å². The van der Waals surface area contributed by atoms with Crippen LogP contribution in [-0.4, -0.2) is 16.8 Å². The molecule has 0 aliphatic carbocycles. The Morgan fingerprint density at radius 3 is 1.95 bits per heavy atom. The van der Waals surface area contributed by atoms with Crippen molar-refractivity contribution in [1.29, 1.82) is 0 Å². The molecule has 0 heterocycles. The van der Waals surface area contributed by atoms with E-state index in [4.69, 9.17) is 5.14 Å². The average molecular weight is 340 g/mol. The van der Waals surface area contributed by atoms with E-state index < -0.39 is 20.0 Å². The Morgan fingerprint density at radius 2 is 1.41 bits per heavy atom. The van der Waals surface area contributed by atoms with E-state index in [1.54, 1.807) is 19.1 Å². The molecule has 2 rings (SSSR count). The summed E-state index contributed by atoms with van der Waals surface area (Å²) in [5.74, 6) is 0. The minimum atomic E-state index is -3.90. The molecule has 0 fully saturated rings. The summed E-state index contributed by atoms with van der Waals surface area (Å²) in [4.78, 5) is -0.0572. The van der Waals surface area contributed by atoms with E-state index in [9.17, 15) is 16.8 Å². The number of nitrogens with two attached hydrogens (primary N) is 1. The number of sulfonamides is 2. The molecule has 118 valence electrons. The highest BCUT2D eigenvalue weighted by atomic mass is 32.2. The van der Waals surface area contributed by atoms with Crippen molar-refractivity contribution in [1.82, 2.24) is 0 Å². The minimum Gasteiger partial charge on any atom is -0.279 e. The quantitative estimate of drug-likeness (QED) is 0.884. The summed E-state index contributed by atoms with van der Waals surface area (Å²) >= 11 is 0. The Bertz CT molecular complexity index is 902. The van der Waals surface area contributed by atoms with Crippen LogP contribution in [0.1, 0.15) is 11.1 Å². The van der Waals surface area contributed by atoms with Gasteiger partial charge in [-0.15, -0.1) is 0 Å². The zero-order valence-electron chi connectivity index (χ0n) is 12.1. The van der Waals surface area contributed by atoms with Crippen molar-refractivity contribution >= 4 is 25.7 Å². The smallest absolute Gasteiger partial charge is 0.261 e. The van der Waals surface area contributed by atoms with Crippen molar-refractivity contribution in [3.8, 4) is 0 Å². The van der Waals surface area contributed by atoms with Gasteiger partial charge in [0.05, 0.1) is 15.5 Å². The molecule has 6 nitrogen and oxygen atoms in total. The zero-order chi connectivity index (χ0) is 16.5. The van der Waals surface area contributed by atoms with Crippen molar-refractivity contribution in [2.24, 2.45) is 5.14 Å². The number of rotatable bonds is 4. The van der Waals surface area contributed by atoms with Crippen molar-refractivity contribution in [3.05, 3.63) is 53.6 Å². The van der Waals surface area contributed by atoms with Gasteiger partial charge in [0.2, 0.25) is 10.0 Å². The Kier molecular flexibility index (Phi) is 4.28. The third kappa shape index (κ3) is 3.65. The molecule has 0 bridgehead atoms. The van der Waals surface area contributed by atoms with Gasteiger partial charge in [-0.25, -0.2) is 22.0 Å². The lowest BCUT2D eigenvalue weighted by Gasteiger charge is -2.12. The summed E-state index contributed by atoms with van der Waals surface area (Å²) in [6.45, 7) is 3.52. The molecule has 2 aromatic rings. The number of hydrogen-bond donors (Lipinski definition) is 2. The van der Waals surface area contributed by atoms with Gasteiger partial charge in [0.15, 0.2) is 0 Å². The number of benzene rings is 2. The molecule has 0 amide bonds. The summed E-state index contributed by atoms with van der Waals surface area (Å²) in [6.07, 6.45) is 0. The monoisotopic (exact) mass is 340 g/mol.